The lowest BCUT2D eigenvalue weighted by Gasteiger charge is -2.16. The van der Waals surface area contributed by atoms with E-state index in [4.69, 9.17) is 0 Å². The van der Waals surface area contributed by atoms with Crippen LogP contribution in [0.2, 0.25) is 0 Å². The Morgan fingerprint density at radius 3 is 2.50 bits per heavy atom. The largest absolute Gasteiger partial charge is 0.352 e. The summed E-state index contributed by atoms with van der Waals surface area (Å²) < 4.78 is 3.56. The molecule has 182 valence electrons. The number of aromatic nitrogens is 3. The number of amides is 1. The minimum absolute atomic E-state index is 0.0915. The van der Waals surface area contributed by atoms with Gasteiger partial charge >= 0.3 is 0 Å². The van der Waals surface area contributed by atoms with Crippen molar-refractivity contribution < 1.29 is 4.79 Å². The normalized spacial score (nSPS) is 11.4. The van der Waals surface area contributed by atoms with Gasteiger partial charge in [0.25, 0.3) is 11.5 Å². The van der Waals surface area contributed by atoms with Crippen LogP contribution in [0.25, 0.3) is 16.7 Å². The average molecular weight is 480 g/mol. The van der Waals surface area contributed by atoms with E-state index in [1.165, 1.54) is 5.56 Å². The molecular weight excluding hydrogens is 450 g/mol. The van der Waals surface area contributed by atoms with Crippen molar-refractivity contribution in [2.24, 2.45) is 0 Å². The van der Waals surface area contributed by atoms with Crippen LogP contribution in [0.5, 0.6) is 0 Å². The van der Waals surface area contributed by atoms with Crippen LogP contribution in [0.3, 0.4) is 0 Å². The predicted molar refractivity (Wildman–Crippen MR) is 142 cm³/mol. The minimum Gasteiger partial charge on any atom is -0.352 e. The molecule has 0 saturated carbocycles. The van der Waals surface area contributed by atoms with Gasteiger partial charge in [0.2, 0.25) is 0 Å². The van der Waals surface area contributed by atoms with Crippen LogP contribution in [-0.4, -0.2) is 44.9 Å². The summed E-state index contributed by atoms with van der Waals surface area (Å²) in [6.45, 7) is 2.78. The van der Waals surface area contributed by atoms with Crippen molar-refractivity contribution in [3.8, 4) is 0 Å². The van der Waals surface area contributed by atoms with Crippen molar-refractivity contribution in [2.45, 2.75) is 19.5 Å². The summed E-state index contributed by atoms with van der Waals surface area (Å²) in [7, 11) is 2.09. The molecule has 7 nitrogen and oxygen atoms in total. The molecule has 0 fully saturated rings. The zero-order chi connectivity index (χ0) is 24.9. The van der Waals surface area contributed by atoms with E-state index in [-0.39, 0.29) is 11.5 Å². The van der Waals surface area contributed by atoms with Gasteiger partial charge in [-0.05, 0) is 67.5 Å². The number of pyridine rings is 1. The Morgan fingerprint density at radius 2 is 1.69 bits per heavy atom. The molecule has 0 aliphatic rings. The molecule has 36 heavy (non-hydrogen) atoms. The van der Waals surface area contributed by atoms with Crippen LogP contribution < -0.4 is 10.9 Å². The molecule has 7 heteroatoms. The van der Waals surface area contributed by atoms with E-state index in [1.54, 1.807) is 10.8 Å². The van der Waals surface area contributed by atoms with Gasteiger partial charge in [0.1, 0.15) is 5.52 Å². The molecule has 1 N–H and O–H groups in total. The molecular formula is C29H29N5O2. The molecule has 2 aromatic carbocycles. The fourth-order valence-corrected chi connectivity index (χ4v) is 4.50. The summed E-state index contributed by atoms with van der Waals surface area (Å²) in [5, 5.41) is 3.00. The first-order valence-corrected chi connectivity index (χ1v) is 12.1. The Bertz CT molecular complexity index is 1540. The second-order valence-electron chi connectivity index (χ2n) is 9.03. The SMILES string of the molecule is CN(CCCNC(=O)c1ccc(Cn2c(=O)c3cccn3c3cccnc32)cc1)Cc1ccccc1. The van der Waals surface area contributed by atoms with Gasteiger partial charge in [0, 0.05) is 31.0 Å². The second kappa shape index (κ2) is 10.6. The number of carbonyl (C=O) groups is 1. The zero-order valence-electron chi connectivity index (χ0n) is 20.3. The third-order valence-corrected chi connectivity index (χ3v) is 6.35. The first-order chi connectivity index (χ1) is 17.6. The third-order valence-electron chi connectivity index (χ3n) is 6.35. The molecule has 0 aliphatic carbocycles. The number of nitrogens with one attached hydrogen (secondary N) is 1. The molecule has 0 spiro atoms. The maximum absolute atomic E-state index is 13.1. The number of carbonyl (C=O) groups excluding carboxylic acids is 1. The molecule has 0 radical (unpaired) electrons. The topological polar surface area (TPSA) is 71.6 Å². The number of rotatable bonds is 9. The molecule has 1 amide bonds. The van der Waals surface area contributed by atoms with Crippen LogP contribution in [-0.2, 0) is 13.1 Å². The maximum Gasteiger partial charge on any atom is 0.276 e. The van der Waals surface area contributed by atoms with Crippen molar-refractivity contribution in [3.05, 3.63) is 118 Å². The molecule has 3 heterocycles. The summed E-state index contributed by atoms with van der Waals surface area (Å²) >= 11 is 0. The lowest BCUT2D eigenvalue weighted by molar-refractivity contribution is 0.0952. The molecule has 5 aromatic rings. The highest BCUT2D eigenvalue weighted by molar-refractivity contribution is 5.94. The molecule has 0 aliphatic heterocycles. The number of hydrogen-bond acceptors (Lipinski definition) is 4. The molecule has 0 unspecified atom stereocenters. The molecule has 0 bridgehead atoms. The fourth-order valence-electron chi connectivity index (χ4n) is 4.50. The Balaban J connectivity index is 1.19. The van der Waals surface area contributed by atoms with Crippen molar-refractivity contribution in [2.75, 3.05) is 20.1 Å². The van der Waals surface area contributed by atoms with Gasteiger partial charge in [-0.1, -0.05) is 42.5 Å². The van der Waals surface area contributed by atoms with Crippen LogP contribution in [0.1, 0.15) is 27.9 Å². The van der Waals surface area contributed by atoms with E-state index >= 15 is 0 Å². The first-order valence-electron chi connectivity index (χ1n) is 12.1. The number of nitrogens with zero attached hydrogens (tertiary/aromatic N) is 4. The Hall–Kier alpha value is -4.23. The highest BCUT2D eigenvalue weighted by Crippen LogP contribution is 2.15. The van der Waals surface area contributed by atoms with Gasteiger partial charge in [-0.15, -0.1) is 0 Å². The van der Waals surface area contributed by atoms with Gasteiger partial charge in [0.15, 0.2) is 5.65 Å². The number of fused-ring (bicyclic) bond motifs is 3. The summed E-state index contributed by atoms with van der Waals surface area (Å²) in [6.07, 6.45) is 4.44. The van der Waals surface area contributed by atoms with E-state index < -0.39 is 0 Å². The van der Waals surface area contributed by atoms with Gasteiger partial charge in [-0.3, -0.25) is 14.2 Å². The Morgan fingerprint density at radius 1 is 0.917 bits per heavy atom. The van der Waals surface area contributed by atoms with Crippen molar-refractivity contribution >= 4 is 22.6 Å². The van der Waals surface area contributed by atoms with E-state index in [0.717, 1.165) is 30.6 Å². The van der Waals surface area contributed by atoms with E-state index in [1.807, 2.05) is 77.3 Å². The Kier molecular flexibility index (Phi) is 6.91. The standard InChI is InChI=1S/C29H29N5O2/c1-32(20-22-8-3-2-4-9-22)18-7-17-31-28(35)24-14-12-23(13-15-24)21-34-27-25(10-5-16-30-27)33-19-6-11-26(33)29(34)36/h2-6,8-16,19H,7,17-18,20-21H2,1H3,(H,31,35). The highest BCUT2D eigenvalue weighted by Gasteiger charge is 2.12. The van der Waals surface area contributed by atoms with Crippen molar-refractivity contribution in [3.63, 3.8) is 0 Å². The summed E-state index contributed by atoms with van der Waals surface area (Å²) in [5.41, 5.74) is 4.84. The smallest absolute Gasteiger partial charge is 0.276 e. The number of benzene rings is 2. The van der Waals surface area contributed by atoms with Crippen LogP contribution in [0.4, 0.5) is 0 Å². The minimum atomic E-state index is -0.0924. The lowest BCUT2D eigenvalue weighted by atomic mass is 10.1. The van der Waals surface area contributed by atoms with Gasteiger partial charge in [-0.2, -0.15) is 0 Å². The van der Waals surface area contributed by atoms with E-state index in [0.29, 0.717) is 29.8 Å². The summed E-state index contributed by atoms with van der Waals surface area (Å²) in [6, 6.07) is 25.3. The first kappa shape index (κ1) is 23.5. The molecule has 3 aromatic heterocycles. The summed E-state index contributed by atoms with van der Waals surface area (Å²) in [4.78, 5) is 32.4. The number of hydrogen-bond donors (Lipinski definition) is 1. The molecule has 0 saturated heterocycles. The van der Waals surface area contributed by atoms with Gasteiger partial charge < -0.3 is 14.6 Å². The molecule has 5 rings (SSSR count). The van der Waals surface area contributed by atoms with Crippen LogP contribution in [0, 0.1) is 0 Å². The Labute approximate surface area is 209 Å². The van der Waals surface area contributed by atoms with Crippen molar-refractivity contribution in [1.82, 2.24) is 24.2 Å². The van der Waals surface area contributed by atoms with Gasteiger partial charge in [0.05, 0.1) is 12.1 Å². The zero-order valence-corrected chi connectivity index (χ0v) is 20.3. The van der Waals surface area contributed by atoms with E-state index in [2.05, 4.69) is 34.4 Å². The second-order valence-corrected chi connectivity index (χ2v) is 9.03. The quantitative estimate of drug-likeness (QED) is 0.325. The average Bonchev–Trinajstić information content (AvgIpc) is 3.40. The van der Waals surface area contributed by atoms with E-state index in [9.17, 15) is 9.59 Å². The van der Waals surface area contributed by atoms with Crippen LogP contribution >= 0.6 is 0 Å². The monoisotopic (exact) mass is 479 g/mol. The highest BCUT2D eigenvalue weighted by atomic mass is 16.1. The lowest BCUT2D eigenvalue weighted by Crippen LogP contribution is -2.28. The fraction of sp³-hybridized carbons (Fsp3) is 0.207. The van der Waals surface area contributed by atoms with Crippen LogP contribution in [0.15, 0.2) is 96.1 Å². The van der Waals surface area contributed by atoms with Crippen molar-refractivity contribution in [1.29, 1.82) is 0 Å². The maximum atomic E-state index is 13.1. The third kappa shape index (κ3) is 5.06. The summed E-state index contributed by atoms with van der Waals surface area (Å²) in [5.74, 6) is -0.0915. The molecule has 0 atom stereocenters. The predicted octanol–water partition coefficient (Wildman–Crippen LogP) is 3.95. The van der Waals surface area contributed by atoms with Gasteiger partial charge in [-0.25, -0.2) is 4.98 Å².